The maximum Gasteiger partial charge on any atom is 0.324 e. The number of aryl methyl sites for hydroxylation is 2. The van der Waals surface area contributed by atoms with Crippen LogP contribution in [-0.2, 0) is 54.5 Å². The number of phenols is 1. The third-order valence-corrected chi connectivity index (χ3v) is 12.0. The Morgan fingerprint density at radius 3 is 2.45 bits per heavy atom. The Morgan fingerprint density at radius 1 is 1.06 bits per heavy atom. The van der Waals surface area contributed by atoms with Gasteiger partial charge in [0.15, 0.2) is 0 Å². The van der Waals surface area contributed by atoms with Crippen molar-refractivity contribution in [2.75, 3.05) is 33.8 Å². The van der Waals surface area contributed by atoms with Gasteiger partial charge in [0.25, 0.3) is 5.91 Å². The van der Waals surface area contributed by atoms with Crippen molar-refractivity contribution in [3.63, 3.8) is 0 Å². The van der Waals surface area contributed by atoms with Gasteiger partial charge in [0, 0.05) is 67.4 Å². The third kappa shape index (κ3) is 12.1. The monoisotopic (exact) mass is 949 g/mol. The summed E-state index contributed by atoms with van der Waals surface area (Å²) < 4.78 is 8.39. The van der Waals surface area contributed by atoms with E-state index < -0.39 is 53.1 Å². The molecule has 1 fully saturated rings. The maximum absolute atomic E-state index is 14.6. The normalized spacial score (nSPS) is 17.6. The number of ether oxygens (including phenoxy) is 1. The highest BCUT2D eigenvalue weighted by Crippen LogP contribution is 2.41. The van der Waals surface area contributed by atoms with Gasteiger partial charge in [-0.05, 0) is 103 Å². The number of pyridine rings is 1. The summed E-state index contributed by atoms with van der Waals surface area (Å²) in [6.07, 6.45) is 5.19. The molecule has 354 valence electrons. The molecule has 4 aromatic rings. The van der Waals surface area contributed by atoms with E-state index in [0.717, 1.165) is 57.0 Å². The number of rotatable bonds is 10. The number of hydrogen-bond acceptors (Lipinski definition) is 9. The second kappa shape index (κ2) is 23.0. The first-order valence-electron chi connectivity index (χ1n) is 21.6. The van der Waals surface area contributed by atoms with E-state index >= 15 is 0 Å². The predicted octanol–water partition coefficient (Wildman–Crippen LogP) is 5.77. The summed E-state index contributed by atoms with van der Waals surface area (Å²) in [4.78, 5) is 75.5. The Kier molecular flexibility index (Phi) is 19.2. The van der Waals surface area contributed by atoms with E-state index in [4.69, 9.17) is 9.72 Å². The van der Waals surface area contributed by atoms with E-state index in [2.05, 4.69) is 67.8 Å². The lowest BCUT2D eigenvalue weighted by Crippen LogP contribution is -2.62. The molecule has 2 aliphatic rings. The Labute approximate surface area is 403 Å². The van der Waals surface area contributed by atoms with Crippen LogP contribution in [0.2, 0.25) is 0 Å². The Bertz CT molecular complexity index is 2390. The van der Waals surface area contributed by atoms with Gasteiger partial charge >= 0.3 is 5.97 Å². The quantitative estimate of drug-likeness (QED) is 0.132. The smallest absolute Gasteiger partial charge is 0.324 e. The van der Waals surface area contributed by atoms with E-state index in [1.807, 2.05) is 24.4 Å². The van der Waals surface area contributed by atoms with E-state index in [1.54, 1.807) is 26.0 Å². The first-order valence-corrected chi connectivity index (χ1v) is 21.6. The third-order valence-electron chi connectivity index (χ3n) is 12.0. The number of carbonyl (C=O) groups excluding carboxylic acids is 5. The van der Waals surface area contributed by atoms with E-state index in [-0.39, 0.29) is 78.3 Å². The Hall–Kier alpha value is -4.97. The number of fused-ring (bicyclic) bond motifs is 6. The minimum absolute atomic E-state index is 0. The minimum Gasteiger partial charge on any atom is -0.508 e. The SMILES string of the molecule is C=CC(=O)N(C)CC(=O)N(C)[C@H](C(=O)N[C@H]1Cc2cc(O)cc(c2)-c2ccc3c(c2)c(c(-c2cccnc2CC)n3CC)CC(C)(C)COC(=O)[C@@H]2CCCN(N2)C1=O)C(C)C.S.S.S. The molecule has 14 nitrogen and oxygen atoms in total. The van der Waals surface area contributed by atoms with Gasteiger partial charge in [0.2, 0.25) is 17.7 Å². The van der Waals surface area contributed by atoms with Crippen LogP contribution in [0.3, 0.4) is 0 Å². The molecule has 0 saturated carbocycles. The fourth-order valence-corrected chi connectivity index (χ4v) is 8.83. The molecule has 0 spiro atoms. The number of carbonyl (C=O) groups is 5. The topological polar surface area (TPSA) is 166 Å². The van der Waals surface area contributed by atoms with Crippen molar-refractivity contribution in [3.05, 3.63) is 84.2 Å². The van der Waals surface area contributed by atoms with E-state index in [1.165, 1.54) is 28.9 Å². The summed E-state index contributed by atoms with van der Waals surface area (Å²) in [5, 5.41) is 16.6. The molecule has 17 heteroatoms. The fourth-order valence-electron chi connectivity index (χ4n) is 8.83. The maximum atomic E-state index is 14.6. The highest BCUT2D eigenvalue weighted by atomic mass is 32.1. The lowest BCUT2D eigenvalue weighted by Gasteiger charge is -2.37. The van der Waals surface area contributed by atoms with Crippen LogP contribution in [-0.4, -0.2) is 111 Å². The molecule has 3 atom stereocenters. The number of hydrogen-bond donors (Lipinski definition) is 3. The van der Waals surface area contributed by atoms with Gasteiger partial charge in [-0.2, -0.15) is 40.5 Å². The summed E-state index contributed by atoms with van der Waals surface area (Å²) in [6.45, 7) is 16.3. The van der Waals surface area contributed by atoms with Crippen LogP contribution < -0.4 is 10.7 Å². The molecule has 4 heterocycles. The van der Waals surface area contributed by atoms with Crippen molar-refractivity contribution in [1.29, 1.82) is 0 Å². The number of aromatic hydroxyl groups is 1. The van der Waals surface area contributed by atoms with Gasteiger partial charge < -0.3 is 29.5 Å². The van der Waals surface area contributed by atoms with Crippen LogP contribution in [0.1, 0.15) is 71.2 Å². The van der Waals surface area contributed by atoms with Crippen molar-refractivity contribution in [3.8, 4) is 28.1 Å². The van der Waals surface area contributed by atoms with Gasteiger partial charge in [-0.1, -0.05) is 53.3 Å². The molecule has 2 aromatic carbocycles. The average Bonchev–Trinajstić information content (AvgIpc) is 3.55. The summed E-state index contributed by atoms with van der Waals surface area (Å²) in [7, 11) is 2.97. The molecule has 4 amide bonds. The molecule has 0 unspecified atom stereocenters. The molecular formula is C48H67N7O7S3. The zero-order valence-corrected chi connectivity index (χ0v) is 41.8. The van der Waals surface area contributed by atoms with Gasteiger partial charge in [-0.25, -0.2) is 5.43 Å². The number of hydrazine groups is 1. The van der Waals surface area contributed by atoms with Crippen molar-refractivity contribution >= 4 is 81.0 Å². The Balaban J connectivity index is 0.00000374. The molecular weight excluding hydrogens is 883 g/mol. The number of nitrogens with zero attached hydrogens (tertiary/aromatic N) is 5. The zero-order chi connectivity index (χ0) is 45.0. The molecule has 1 saturated heterocycles. The summed E-state index contributed by atoms with van der Waals surface area (Å²) in [5.41, 5.74) is 9.98. The summed E-state index contributed by atoms with van der Waals surface area (Å²) in [5.74, 6) is -2.84. The zero-order valence-electron chi connectivity index (χ0n) is 38.8. The van der Waals surface area contributed by atoms with Gasteiger partial charge in [0.05, 0.1) is 18.8 Å². The van der Waals surface area contributed by atoms with Crippen LogP contribution in [0.25, 0.3) is 33.3 Å². The number of esters is 1. The number of likely N-dealkylation sites (N-methyl/N-ethyl adjacent to an activating group) is 2. The fraction of sp³-hybridized carbons (Fsp3) is 0.458. The number of phenolic OH excluding ortho intramolecular Hbond substituents is 1. The highest BCUT2D eigenvalue weighted by molar-refractivity contribution is 7.59. The summed E-state index contributed by atoms with van der Waals surface area (Å²) in [6, 6.07) is 12.5. The molecule has 0 radical (unpaired) electrons. The average molecular weight is 950 g/mol. The second-order valence-electron chi connectivity index (χ2n) is 17.7. The van der Waals surface area contributed by atoms with Crippen molar-refractivity contribution in [2.45, 2.75) is 98.3 Å². The molecule has 6 rings (SSSR count). The van der Waals surface area contributed by atoms with Crippen LogP contribution >= 0.6 is 40.5 Å². The van der Waals surface area contributed by atoms with Crippen LogP contribution in [0.5, 0.6) is 5.75 Å². The van der Waals surface area contributed by atoms with Crippen molar-refractivity contribution in [1.82, 2.24) is 35.1 Å². The lowest BCUT2D eigenvalue weighted by molar-refractivity contribution is -0.155. The number of amides is 4. The van der Waals surface area contributed by atoms with E-state index in [9.17, 15) is 29.1 Å². The second-order valence-corrected chi connectivity index (χ2v) is 17.7. The number of benzene rings is 2. The lowest BCUT2D eigenvalue weighted by atomic mass is 9.84. The molecule has 3 N–H and O–H groups in total. The highest BCUT2D eigenvalue weighted by Gasteiger charge is 2.38. The van der Waals surface area contributed by atoms with Crippen molar-refractivity contribution in [2.24, 2.45) is 11.3 Å². The minimum atomic E-state index is -1.17. The van der Waals surface area contributed by atoms with Crippen molar-refractivity contribution < 1.29 is 33.8 Å². The van der Waals surface area contributed by atoms with Crippen LogP contribution in [0.4, 0.5) is 0 Å². The first-order chi connectivity index (χ1) is 29.5. The van der Waals surface area contributed by atoms with Crippen LogP contribution in [0.15, 0.2) is 67.4 Å². The number of nitrogens with one attached hydrogen (secondary N) is 2. The van der Waals surface area contributed by atoms with Gasteiger partial charge in [-0.15, -0.1) is 0 Å². The van der Waals surface area contributed by atoms with E-state index in [0.29, 0.717) is 31.4 Å². The Morgan fingerprint density at radius 2 is 1.78 bits per heavy atom. The van der Waals surface area contributed by atoms with Crippen LogP contribution in [0, 0.1) is 11.3 Å². The number of aromatic nitrogens is 2. The standard InChI is InChI=1S/C48H61N7O7.3H2S/c1-10-37-34(15-13-19-49-37)44-36-26-48(6,7)28-62-47(61)38-16-14-20-55(51-38)46(60)39(50-45(59)43(29(4)5)53(9)42(58)27-52(8)41(57)11-2)23-30-21-32(24-33(56)22-30)31-17-18-40(35(36)25-31)54(44)12-3;;;/h11,13,15,17-19,21-22,24-25,29,38-39,43,51,56H,2,10,12,14,16,20,23,26-28H2,1,3-9H3,(H,50,59);3*1H2/t38-,39-,43-;;;/m0.../s1. The molecule has 2 aliphatic heterocycles. The molecule has 2 aromatic heterocycles. The predicted molar refractivity (Wildman–Crippen MR) is 270 cm³/mol. The molecule has 6 bridgehead atoms. The molecule has 65 heavy (non-hydrogen) atoms. The largest absolute Gasteiger partial charge is 0.508 e. The van der Waals surface area contributed by atoms with Gasteiger partial charge in [-0.3, -0.25) is 34.0 Å². The first kappa shape index (κ1) is 54.4. The number of cyclic esters (lactones) is 1. The molecule has 0 aliphatic carbocycles. The summed E-state index contributed by atoms with van der Waals surface area (Å²) >= 11 is 0. The van der Waals surface area contributed by atoms with Gasteiger partial charge in [0.1, 0.15) is 23.9 Å².